The van der Waals surface area contributed by atoms with Crippen LogP contribution >= 0.6 is 31.9 Å². The Morgan fingerprint density at radius 3 is 1.42 bits per heavy atom. The van der Waals surface area contributed by atoms with Gasteiger partial charge >= 0.3 is 11.8 Å². The molecule has 0 spiro atoms. The fourth-order valence-corrected chi connectivity index (χ4v) is 5.63. The molecule has 0 aliphatic carbocycles. The van der Waals surface area contributed by atoms with Gasteiger partial charge in [0.05, 0.1) is 0 Å². The average Bonchev–Trinajstić information content (AvgIpc) is 2.97. The van der Waals surface area contributed by atoms with Crippen molar-refractivity contribution >= 4 is 31.9 Å². The molecule has 38 heavy (non-hydrogen) atoms. The molecule has 182 valence electrons. The molecule has 0 saturated carbocycles. The van der Waals surface area contributed by atoms with Crippen LogP contribution in [-0.4, -0.2) is 9.97 Å². The maximum atomic E-state index is 6.36. The summed E-state index contributed by atoms with van der Waals surface area (Å²) in [5, 5.41) is 0. The van der Waals surface area contributed by atoms with Crippen molar-refractivity contribution in [3.8, 4) is 56.6 Å². The number of aromatic nitrogens is 2. The van der Waals surface area contributed by atoms with Gasteiger partial charge in [0, 0.05) is 14.5 Å². The molecule has 5 heteroatoms. The molecule has 0 amide bonds. The van der Waals surface area contributed by atoms with Crippen LogP contribution in [0, 0.1) is 0 Å². The van der Waals surface area contributed by atoms with E-state index in [9.17, 15) is 0 Å². The first-order chi connectivity index (χ1) is 18.6. The zero-order valence-electron chi connectivity index (χ0n) is 20.2. The summed E-state index contributed by atoms with van der Waals surface area (Å²) in [6.07, 6.45) is 0. The molecule has 1 heterocycles. The number of nitrogens with zero attached hydrogens (tertiary/aromatic N) is 2. The molecule has 0 saturated heterocycles. The summed E-state index contributed by atoms with van der Waals surface area (Å²) >= 11 is 7.19. The van der Waals surface area contributed by atoms with Gasteiger partial charge in [-0.1, -0.05) is 123 Å². The highest BCUT2D eigenvalue weighted by atomic mass is 79.9. The van der Waals surface area contributed by atoms with E-state index in [1.807, 2.05) is 78.9 Å². The quantitative estimate of drug-likeness (QED) is 0.180. The zero-order chi connectivity index (χ0) is 25.9. The fraction of sp³-hybridized carbons (Fsp3) is 0. The third-order valence-corrected chi connectivity index (χ3v) is 7.08. The van der Waals surface area contributed by atoms with Crippen molar-refractivity contribution in [2.45, 2.75) is 0 Å². The molecule has 0 aliphatic rings. The Morgan fingerprint density at radius 2 is 0.842 bits per heavy atom. The molecule has 1 aromatic heterocycles. The van der Waals surface area contributed by atoms with Crippen molar-refractivity contribution in [1.82, 2.24) is 9.97 Å². The Morgan fingerprint density at radius 1 is 0.395 bits per heavy atom. The minimum atomic E-state index is 0.488. The monoisotopic (exact) mass is 619 g/mol. The van der Waals surface area contributed by atoms with Crippen molar-refractivity contribution in [1.29, 1.82) is 0 Å². The van der Waals surface area contributed by atoms with Crippen LogP contribution in [0.15, 0.2) is 141 Å². The minimum absolute atomic E-state index is 0.488. The highest BCUT2D eigenvalue weighted by Crippen LogP contribution is 2.33. The molecule has 0 N–H and O–H groups in total. The third-order valence-electron chi connectivity index (χ3n) is 6.16. The first-order valence-corrected chi connectivity index (χ1v) is 13.7. The molecule has 6 aromatic rings. The van der Waals surface area contributed by atoms with Gasteiger partial charge in [0.2, 0.25) is 0 Å². The lowest BCUT2D eigenvalue weighted by Crippen LogP contribution is -1.96. The Labute approximate surface area is 238 Å². The van der Waals surface area contributed by atoms with E-state index in [-0.39, 0.29) is 0 Å². The number of hydrogen-bond acceptors (Lipinski definition) is 2. The first-order valence-electron chi connectivity index (χ1n) is 12.1. The van der Waals surface area contributed by atoms with E-state index < -0.39 is 0 Å². The van der Waals surface area contributed by atoms with E-state index >= 15 is 0 Å². The predicted molar refractivity (Wildman–Crippen MR) is 161 cm³/mol. The van der Waals surface area contributed by atoms with Crippen LogP contribution in [-0.2, 0) is 0 Å². The number of rotatable bonds is 5. The molecular weight excluding hydrogens is 600 g/mol. The number of benzene rings is 5. The lowest BCUT2D eigenvalue weighted by atomic mass is 10.0. The SMILES string of the molecule is Brc1cc(Br)cc(-c2nc(-c3cccc(-c4ccccc4)c3)nc(-c3cccc(-c4ccccc4)c3)[o+]2)c1. The highest BCUT2D eigenvalue weighted by Gasteiger charge is 2.25. The predicted octanol–water partition coefficient (Wildman–Crippen LogP) is 10.2. The lowest BCUT2D eigenvalue weighted by molar-refractivity contribution is 0.540. The summed E-state index contributed by atoms with van der Waals surface area (Å²) in [6, 6.07) is 43.1. The van der Waals surface area contributed by atoms with Crippen LogP contribution in [0.5, 0.6) is 0 Å². The van der Waals surface area contributed by atoms with Crippen LogP contribution < -0.4 is 0 Å². The molecule has 3 nitrogen and oxygen atoms in total. The Balaban J connectivity index is 1.52. The van der Waals surface area contributed by atoms with Gasteiger partial charge in [-0.3, -0.25) is 0 Å². The Hall–Kier alpha value is -3.93. The summed E-state index contributed by atoms with van der Waals surface area (Å²) in [4.78, 5) is 9.79. The van der Waals surface area contributed by atoms with Crippen molar-refractivity contribution in [3.63, 3.8) is 0 Å². The van der Waals surface area contributed by atoms with Gasteiger partial charge in [0.25, 0.3) is 0 Å². The Kier molecular flexibility index (Phi) is 6.95. The summed E-state index contributed by atoms with van der Waals surface area (Å²) in [7, 11) is 0. The molecule has 5 aromatic carbocycles. The number of halogens is 2. The summed E-state index contributed by atoms with van der Waals surface area (Å²) in [5.74, 6) is 1.59. The lowest BCUT2D eigenvalue weighted by Gasteiger charge is -2.05. The van der Waals surface area contributed by atoms with Crippen molar-refractivity contribution < 1.29 is 4.42 Å². The fourth-order valence-electron chi connectivity index (χ4n) is 4.34. The second kappa shape index (κ2) is 10.8. The van der Waals surface area contributed by atoms with Gasteiger partial charge in [0.1, 0.15) is 11.1 Å². The van der Waals surface area contributed by atoms with Gasteiger partial charge in [-0.05, 0) is 58.7 Å². The van der Waals surface area contributed by atoms with Gasteiger partial charge in [-0.15, -0.1) is 9.97 Å². The van der Waals surface area contributed by atoms with Gasteiger partial charge in [0.15, 0.2) is 5.82 Å². The van der Waals surface area contributed by atoms with Crippen LogP contribution in [0.2, 0.25) is 0 Å². The topological polar surface area (TPSA) is 37.1 Å². The summed E-state index contributed by atoms with van der Waals surface area (Å²) in [5.41, 5.74) is 7.11. The van der Waals surface area contributed by atoms with Crippen LogP contribution in [0.1, 0.15) is 0 Å². The molecule has 0 bridgehead atoms. The third kappa shape index (κ3) is 5.35. The molecule has 0 radical (unpaired) electrons. The maximum absolute atomic E-state index is 6.36. The highest BCUT2D eigenvalue weighted by molar-refractivity contribution is 9.11. The average molecular weight is 621 g/mol. The Bertz CT molecular complexity index is 1620. The van der Waals surface area contributed by atoms with Crippen molar-refractivity contribution in [2.24, 2.45) is 0 Å². The van der Waals surface area contributed by atoms with Gasteiger partial charge < -0.3 is 0 Å². The second-order valence-electron chi connectivity index (χ2n) is 8.81. The van der Waals surface area contributed by atoms with E-state index in [4.69, 9.17) is 14.4 Å². The smallest absolute Gasteiger partial charge is 0.166 e. The molecule has 6 rings (SSSR count). The molecule has 0 unspecified atom stereocenters. The van der Waals surface area contributed by atoms with Gasteiger partial charge in [-0.25, -0.2) is 0 Å². The molecular formula is C33H21Br2N2O+. The second-order valence-corrected chi connectivity index (χ2v) is 10.6. The van der Waals surface area contributed by atoms with Crippen LogP contribution in [0.25, 0.3) is 56.6 Å². The van der Waals surface area contributed by atoms with E-state index in [0.29, 0.717) is 17.6 Å². The van der Waals surface area contributed by atoms with Crippen molar-refractivity contribution in [2.75, 3.05) is 0 Å². The van der Waals surface area contributed by atoms with Crippen LogP contribution in [0.4, 0.5) is 0 Å². The number of hydrogen-bond donors (Lipinski definition) is 0. The zero-order valence-corrected chi connectivity index (χ0v) is 23.4. The molecule has 0 aliphatic heterocycles. The van der Waals surface area contributed by atoms with E-state index in [1.54, 1.807) is 0 Å². The molecule has 0 atom stereocenters. The summed E-state index contributed by atoms with van der Waals surface area (Å²) in [6.45, 7) is 0. The first kappa shape index (κ1) is 24.4. The van der Waals surface area contributed by atoms with E-state index in [1.165, 1.54) is 0 Å². The largest absolute Gasteiger partial charge is 0.464 e. The van der Waals surface area contributed by atoms with E-state index in [0.717, 1.165) is 47.9 Å². The van der Waals surface area contributed by atoms with E-state index in [2.05, 4.69) is 80.4 Å². The maximum Gasteiger partial charge on any atom is 0.464 e. The summed E-state index contributed by atoms with van der Waals surface area (Å²) < 4.78 is 8.22. The molecule has 0 fully saturated rings. The standard InChI is InChI=1S/C33H21Br2N2O/c34-29-19-28(20-30(35)21-29)33-37-31(26-15-7-13-24(17-26)22-9-3-1-4-10-22)36-32(38-33)27-16-8-14-25(18-27)23-11-5-2-6-12-23/h1-21H/q+1. The van der Waals surface area contributed by atoms with Crippen molar-refractivity contribution in [3.05, 3.63) is 136 Å². The normalized spacial score (nSPS) is 10.9. The van der Waals surface area contributed by atoms with Crippen LogP contribution in [0.3, 0.4) is 0 Å². The minimum Gasteiger partial charge on any atom is -0.166 e. The van der Waals surface area contributed by atoms with Gasteiger partial charge in [-0.2, -0.15) is 4.42 Å².